The molecule has 2 N–H and O–H groups in total. The molecular weight excluding hydrogens is 454 g/mol. The van der Waals surface area contributed by atoms with Crippen LogP contribution in [0.1, 0.15) is 41.2 Å². The van der Waals surface area contributed by atoms with Crippen molar-refractivity contribution in [2.24, 2.45) is 10.7 Å². The second-order valence-corrected chi connectivity index (χ2v) is 7.92. The van der Waals surface area contributed by atoms with E-state index >= 15 is 0 Å². The van der Waals surface area contributed by atoms with Gasteiger partial charge in [0.25, 0.3) is 0 Å². The van der Waals surface area contributed by atoms with Crippen molar-refractivity contribution in [1.29, 1.82) is 5.26 Å². The van der Waals surface area contributed by atoms with Crippen molar-refractivity contribution >= 4 is 23.2 Å². The quantitative estimate of drug-likeness (QED) is 0.541. The Morgan fingerprint density at radius 1 is 1.31 bits per heavy atom. The third-order valence-corrected chi connectivity index (χ3v) is 5.40. The number of halogens is 5. The van der Waals surface area contributed by atoms with Gasteiger partial charge in [-0.15, -0.1) is 0 Å². The molecule has 2 atom stereocenters. The number of carbonyl (C=O) groups excluding carboxylic acids is 1. The summed E-state index contributed by atoms with van der Waals surface area (Å²) in [5.74, 6) is -2.25. The highest BCUT2D eigenvalue weighted by Gasteiger charge is 2.59. The topological polar surface area (TPSA) is 114 Å². The van der Waals surface area contributed by atoms with Crippen LogP contribution in [0.2, 0.25) is 5.02 Å². The van der Waals surface area contributed by atoms with Crippen LogP contribution in [0.4, 0.5) is 17.6 Å². The number of Topliss-reactive ketones (excluding diaryl/α,β-unsaturated/α-hetero) is 1. The number of alkyl halides is 3. The van der Waals surface area contributed by atoms with Crippen molar-refractivity contribution in [3.8, 4) is 6.07 Å². The average Bonchev–Trinajstić information content (AvgIpc) is 2.71. The van der Waals surface area contributed by atoms with Crippen LogP contribution in [0.25, 0.3) is 0 Å². The fraction of sp³-hybridized carbons (Fsp3) is 0.350. The number of aliphatic imine (C=N–C) groups is 1. The molecule has 0 unspecified atom stereocenters. The molecule has 0 fully saturated rings. The maximum Gasteiger partial charge on any atom is 0.424 e. The lowest BCUT2D eigenvalue weighted by atomic mass is 9.89. The maximum absolute atomic E-state index is 14.6. The zero-order valence-corrected chi connectivity index (χ0v) is 17.6. The third-order valence-electron chi connectivity index (χ3n) is 5.11. The van der Waals surface area contributed by atoms with Crippen molar-refractivity contribution in [3.05, 3.63) is 57.9 Å². The summed E-state index contributed by atoms with van der Waals surface area (Å²) >= 11 is 5.99. The number of nitrogens with two attached hydrogens (primary N) is 1. The summed E-state index contributed by atoms with van der Waals surface area (Å²) in [7, 11) is 0. The second kappa shape index (κ2) is 8.11. The van der Waals surface area contributed by atoms with Gasteiger partial charge in [0.15, 0.2) is 5.78 Å². The lowest BCUT2D eigenvalue weighted by molar-refractivity contribution is -0.249. The fourth-order valence-corrected chi connectivity index (χ4v) is 3.34. The highest BCUT2D eigenvalue weighted by Crippen LogP contribution is 2.41. The number of rotatable bonds is 4. The first kappa shape index (κ1) is 23.6. The van der Waals surface area contributed by atoms with Gasteiger partial charge in [-0.2, -0.15) is 18.4 Å². The normalized spacial score (nSPS) is 23.4. The number of nitrogens with zero attached hydrogens (tertiary/aromatic N) is 4. The van der Waals surface area contributed by atoms with E-state index in [2.05, 4.69) is 15.0 Å². The molecule has 168 valence electrons. The fourth-order valence-electron chi connectivity index (χ4n) is 3.07. The predicted molar refractivity (Wildman–Crippen MR) is 106 cm³/mol. The minimum Gasteiger partial charge on any atom is -0.385 e. The van der Waals surface area contributed by atoms with Crippen LogP contribution in [0.3, 0.4) is 0 Å². The number of carbonyl (C=O) groups is 1. The smallest absolute Gasteiger partial charge is 0.385 e. The number of nitriles is 1. The van der Waals surface area contributed by atoms with Crippen molar-refractivity contribution in [2.75, 3.05) is 6.61 Å². The Labute approximate surface area is 184 Å². The molecule has 3 heterocycles. The summed E-state index contributed by atoms with van der Waals surface area (Å²) < 4.78 is 59.5. The van der Waals surface area contributed by atoms with Crippen LogP contribution in [-0.4, -0.2) is 40.0 Å². The van der Waals surface area contributed by atoms with Gasteiger partial charge in [-0.25, -0.2) is 4.39 Å². The number of hydrogen-bond donors (Lipinski definition) is 1. The van der Waals surface area contributed by atoms with Crippen molar-refractivity contribution in [1.82, 2.24) is 9.97 Å². The number of hydrogen-bond acceptors (Lipinski definition) is 7. The van der Waals surface area contributed by atoms with Crippen LogP contribution in [0.15, 0.2) is 29.5 Å². The Balaban J connectivity index is 1.93. The molecule has 0 bridgehead atoms. The molecular formula is C20H16ClF4N5O2. The molecule has 1 aliphatic rings. The third kappa shape index (κ3) is 4.16. The van der Waals surface area contributed by atoms with Crippen LogP contribution in [0, 0.1) is 17.1 Å². The predicted octanol–water partition coefficient (Wildman–Crippen LogP) is 3.49. The van der Waals surface area contributed by atoms with Crippen LogP contribution >= 0.6 is 11.6 Å². The molecule has 0 radical (unpaired) electrons. The molecule has 2 aromatic heterocycles. The highest BCUT2D eigenvalue weighted by atomic mass is 35.5. The lowest BCUT2D eigenvalue weighted by Gasteiger charge is -2.41. The largest absolute Gasteiger partial charge is 0.424 e. The van der Waals surface area contributed by atoms with E-state index in [4.69, 9.17) is 27.3 Å². The number of ether oxygens (including phenoxy) is 1. The van der Waals surface area contributed by atoms with Crippen molar-refractivity contribution in [3.63, 3.8) is 0 Å². The molecule has 32 heavy (non-hydrogen) atoms. The molecule has 12 heteroatoms. The van der Waals surface area contributed by atoms with Gasteiger partial charge in [-0.3, -0.25) is 19.8 Å². The molecule has 3 rings (SSSR count). The van der Waals surface area contributed by atoms with Crippen LogP contribution in [-0.2, 0) is 16.7 Å². The van der Waals surface area contributed by atoms with E-state index in [-0.39, 0.29) is 34.0 Å². The van der Waals surface area contributed by atoms with E-state index in [0.717, 1.165) is 13.1 Å². The van der Waals surface area contributed by atoms with Gasteiger partial charge in [0.2, 0.25) is 5.60 Å². The molecule has 0 spiro atoms. The van der Waals surface area contributed by atoms with Gasteiger partial charge >= 0.3 is 6.18 Å². The number of amidine groups is 1. The van der Waals surface area contributed by atoms with E-state index in [9.17, 15) is 22.4 Å². The lowest BCUT2D eigenvalue weighted by Crippen LogP contribution is -2.60. The second-order valence-electron chi connectivity index (χ2n) is 7.51. The highest BCUT2D eigenvalue weighted by molar-refractivity contribution is 6.33. The Bertz CT molecular complexity index is 1160. The van der Waals surface area contributed by atoms with Gasteiger partial charge in [0.1, 0.15) is 29.0 Å². The van der Waals surface area contributed by atoms with E-state index in [1.807, 2.05) is 6.07 Å². The van der Waals surface area contributed by atoms with Crippen LogP contribution in [0.5, 0.6) is 0 Å². The van der Waals surface area contributed by atoms with E-state index in [0.29, 0.717) is 0 Å². The summed E-state index contributed by atoms with van der Waals surface area (Å²) in [4.78, 5) is 24.2. The molecule has 2 aromatic rings. The maximum atomic E-state index is 14.6. The van der Waals surface area contributed by atoms with Gasteiger partial charge in [-0.1, -0.05) is 11.6 Å². The molecule has 0 saturated carbocycles. The zero-order valence-electron chi connectivity index (χ0n) is 16.8. The molecule has 0 amide bonds. The number of pyridine rings is 2. The minimum atomic E-state index is -4.82. The molecule has 7 nitrogen and oxygen atoms in total. The van der Waals surface area contributed by atoms with E-state index < -0.39 is 41.4 Å². The summed E-state index contributed by atoms with van der Waals surface area (Å²) in [6.07, 6.45) is -3.13. The first-order valence-electron chi connectivity index (χ1n) is 9.11. The van der Waals surface area contributed by atoms with Gasteiger partial charge in [-0.05, 0) is 26.0 Å². The van der Waals surface area contributed by atoms with Crippen molar-refractivity contribution in [2.45, 2.75) is 37.6 Å². The van der Waals surface area contributed by atoms with Gasteiger partial charge in [0.05, 0.1) is 29.8 Å². The number of aromatic nitrogens is 2. The molecule has 0 saturated heterocycles. The summed E-state index contributed by atoms with van der Waals surface area (Å²) in [6.45, 7) is 1.49. The minimum absolute atomic E-state index is 0.0344. The SMILES string of the molecule is C[C@@]1(c2cc(CC(=O)c3ncc(C#N)cc3Cl)ncc2F)CO[C@@](C)(C(F)(F)F)C(N)=N1. The molecule has 1 aliphatic heterocycles. The standard InChI is InChI=1S/C20H16ClF4N5O2/c1-18(9-32-19(2,17(27)30-18)20(23,24)25)12-4-11(28-8-14(12)22)5-15(31)16-13(21)3-10(6-26)7-29-16/h3-4,7-8H,5,9H2,1-2H3,(H2,27,30)/t18-,19+/m0/s1. The Morgan fingerprint density at radius 2 is 2.00 bits per heavy atom. The first-order valence-corrected chi connectivity index (χ1v) is 9.49. The zero-order chi connectivity index (χ0) is 23.9. The monoisotopic (exact) mass is 469 g/mol. The summed E-state index contributed by atoms with van der Waals surface area (Å²) in [5.41, 5.74) is 1.22. The summed E-state index contributed by atoms with van der Waals surface area (Å²) in [6, 6.07) is 4.33. The summed E-state index contributed by atoms with van der Waals surface area (Å²) in [5, 5.41) is 8.82. The first-order chi connectivity index (χ1) is 14.8. The van der Waals surface area contributed by atoms with E-state index in [1.54, 1.807) is 0 Å². The number of ketones is 1. The average molecular weight is 470 g/mol. The molecule has 0 aromatic carbocycles. The Hall–Kier alpha value is -3.10. The Kier molecular flexibility index (Phi) is 5.97. The molecule has 0 aliphatic carbocycles. The van der Waals surface area contributed by atoms with Gasteiger partial charge in [0, 0.05) is 17.5 Å². The Morgan fingerprint density at radius 3 is 2.56 bits per heavy atom. The van der Waals surface area contributed by atoms with Gasteiger partial charge < -0.3 is 10.5 Å². The van der Waals surface area contributed by atoms with Crippen molar-refractivity contribution < 1.29 is 27.1 Å². The van der Waals surface area contributed by atoms with E-state index in [1.165, 1.54) is 25.3 Å². The van der Waals surface area contributed by atoms with Crippen LogP contribution < -0.4 is 5.73 Å².